The van der Waals surface area contributed by atoms with Crippen LogP contribution in [0.1, 0.15) is 67.2 Å². The summed E-state index contributed by atoms with van der Waals surface area (Å²) in [7, 11) is 0. The predicted molar refractivity (Wildman–Crippen MR) is 147 cm³/mol. The number of fused-ring (bicyclic) bond motifs is 1. The number of isocyanates is 2. The highest BCUT2D eigenvalue weighted by atomic mass is 16.7. The number of rotatable bonds is 18. The normalized spacial score (nSPS) is 24.8. The Hall–Kier alpha value is -2.17. The molecular formula is C28H48N4O8. The van der Waals surface area contributed by atoms with E-state index in [-0.39, 0.29) is 24.0 Å². The Morgan fingerprint density at radius 3 is 1.98 bits per heavy atom. The van der Waals surface area contributed by atoms with E-state index in [1.54, 1.807) is 12.2 Å². The number of nitrogens with one attached hydrogen (secondary N) is 2. The van der Waals surface area contributed by atoms with Gasteiger partial charge in [-0.1, -0.05) is 41.5 Å². The third-order valence-electron chi connectivity index (χ3n) is 7.33. The van der Waals surface area contributed by atoms with Crippen molar-refractivity contribution in [3.63, 3.8) is 0 Å². The molecule has 0 bridgehead atoms. The summed E-state index contributed by atoms with van der Waals surface area (Å²) in [5, 5.41) is 16.1. The molecule has 2 saturated heterocycles. The lowest BCUT2D eigenvalue weighted by Crippen LogP contribution is -2.42. The molecule has 12 heteroatoms. The van der Waals surface area contributed by atoms with Crippen molar-refractivity contribution in [2.75, 3.05) is 39.4 Å². The second-order valence-electron chi connectivity index (χ2n) is 12.8. The Kier molecular flexibility index (Phi) is 13.9. The minimum absolute atomic E-state index is 0.0960. The summed E-state index contributed by atoms with van der Waals surface area (Å²) >= 11 is 0. The van der Waals surface area contributed by atoms with E-state index in [2.05, 4.69) is 62.2 Å². The SMILES string of the molecule is CC(CCNC(=O)OC1COC2C(OC(O)NCCC(C)CC(C)(C)CN=C=O)COC12)CC(C)(C)CN=C=O. The molecule has 0 spiro atoms. The van der Waals surface area contributed by atoms with Crippen molar-refractivity contribution in [1.82, 2.24) is 10.6 Å². The molecule has 1 amide bonds. The number of ether oxygens (including phenoxy) is 4. The first-order valence-corrected chi connectivity index (χ1v) is 14.2. The minimum Gasteiger partial charge on any atom is -0.441 e. The summed E-state index contributed by atoms with van der Waals surface area (Å²) in [5.74, 6) is 0.682. The molecule has 0 aromatic carbocycles. The quantitative estimate of drug-likeness (QED) is 0.128. The van der Waals surface area contributed by atoms with Crippen LogP contribution >= 0.6 is 0 Å². The fraction of sp³-hybridized carbons (Fsp3) is 0.893. The van der Waals surface area contributed by atoms with Gasteiger partial charge >= 0.3 is 6.09 Å². The van der Waals surface area contributed by atoms with Gasteiger partial charge in [0.2, 0.25) is 18.6 Å². The molecule has 2 aliphatic rings. The molecule has 228 valence electrons. The van der Waals surface area contributed by atoms with E-state index in [9.17, 15) is 19.5 Å². The van der Waals surface area contributed by atoms with Gasteiger partial charge in [0.05, 0.1) is 26.3 Å². The van der Waals surface area contributed by atoms with Crippen molar-refractivity contribution in [1.29, 1.82) is 0 Å². The average molecular weight is 569 g/mol. The van der Waals surface area contributed by atoms with Gasteiger partial charge in [0.25, 0.3) is 0 Å². The van der Waals surface area contributed by atoms with Gasteiger partial charge in [-0.15, -0.1) is 0 Å². The Labute approximate surface area is 237 Å². The highest BCUT2D eigenvalue weighted by Gasteiger charge is 2.50. The number of amides is 1. The van der Waals surface area contributed by atoms with Crippen LogP contribution in [0.4, 0.5) is 4.79 Å². The molecule has 2 fully saturated rings. The van der Waals surface area contributed by atoms with Crippen LogP contribution in [0.2, 0.25) is 0 Å². The number of aliphatic hydroxyl groups is 1. The molecule has 0 aromatic rings. The summed E-state index contributed by atoms with van der Waals surface area (Å²) < 4.78 is 22.9. The van der Waals surface area contributed by atoms with Gasteiger partial charge < -0.3 is 29.4 Å². The van der Waals surface area contributed by atoms with E-state index in [0.29, 0.717) is 38.0 Å². The highest BCUT2D eigenvalue weighted by molar-refractivity contribution is 5.67. The fourth-order valence-corrected chi connectivity index (χ4v) is 5.63. The molecule has 3 N–H and O–H groups in total. The Morgan fingerprint density at radius 1 is 0.925 bits per heavy atom. The number of carbonyl (C=O) groups is 1. The van der Waals surface area contributed by atoms with Crippen LogP contribution in [-0.4, -0.2) is 93.6 Å². The largest absolute Gasteiger partial charge is 0.441 e. The smallest absolute Gasteiger partial charge is 0.407 e. The number of hydrogen-bond donors (Lipinski definition) is 3. The van der Waals surface area contributed by atoms with Gasteiger partial charge in [0.1, 0.15) is 18.3 Å². The van der Waals surface area contributed by atoms with Gasteiger partial charge in [-0.3, -0.25) is 5.32 Å². The third kappa shape index (κ3) is 12.1. The fourth-order valence-electron chi connectivity index (χ4n) is 5.63. The molecule has 7 atom stereocenters. The number of alkyl carbamates (subject to hydrolysis) is 1. The maximum Gasteiger partial charge on any atom is 0.407 e. The van der Waals surface area contributed by atoms with E-state index in [0.717, 1.165) is 25.7 Å². The number of hydrogen-bond acceptors (Lipinski definition) is 11. The zero-order valence-corrected chi connectivity index (χ0v) is 24.8. The summed E-state index contributed by atoms with van der Waals surface area (Å²) in [4.78, 5) is 40.5. The van der Waals surface area contributed by atoms with Gasteiger partial charge in [-0.2, -0.15) is 0 Å². The molecule has 12 nitrogen and oxygen atoms in total. The summed E-state index contributed by atoms with van der Waals surface area (Å²) in [6.07, 6.45) is 2.83. The molecule has 7 unspecified atom stereocenters. The average Bonchev–Trinajstić information content (AvgIpc) is 3.44. The molecule has 40 heavy (non-hydrogen) atoms. The number of nitrogens with zero attached hydrogens (tertiary/aromatic N) is 2. The molecule has 2 rings (SSSR count). The zero-order chi connectivity index (χ0) is 29.8. The van der Waals surface area contributed by atoms with Crippen LogP contribution in [0.3, 0.4) is 0 Å². The third-order valence-corrected chi connectivity index (χ3v) is 7.33. The Bertz CT molecular complexity index is 888. The first kappa shape index (κ1) is 34.0. The van der Waals surface area contributed by atoms with E-state index < -0.39 is 36.9 Å². The van der Waals surface area contributed by atoms with Gasteiger partial charge in [0.15, 0.2) is 6.10 Å². The molecule has 2 aliphatic heterocycles. The number of aliphatic imine (C=N–C) groups is 2. The van der Waals surface area contributed by atoms with Crippen molar-refractivity contribution in [2.24, 2.45) is 32.7 Å². The Balaban J connectivity index is 1.66. The minimum atomic E-state index is -1.18. The summed E-state index contributed by atoms with van der Waals surface area (Å²) in [5.41, 5.74) is -0.208. The second kappa shape index (κ2) is 16.3. The summed E-state index contributed by atoms with van der Waals surface area (Å²) in [6.45, 7) is 14.7. The molecule has 0 aromatic heterocycles. The molecule has 0 saturated carbocycles. The Morgan fingerprint density at radius 2 is 1.43 bits per heavy atom. The number of aliphatic hydroxyl groups excluding tert-OH is 1. The van der Waals surface area contributed by atoms with Crippen LogP contribution in [0.25, 0.3) is 0 Å². The predicted octanol–water partition coefficient (Wildman–Crippen LogP) is 2.69. The van der Waals surface area contributed by atoms with Crippen LogP contribution in [0, 0.1) is 22.7 Å². The van der Waals surface area contributed by atoms with E-state index in [1.165, 1.54) is 0 Å². The van der Waals surface area contributed by atoms with Crippen molar-refractivity contribution >= 4 is 18.3 Å². The van der Waals surface area contributed by atoms with E-state index in [4.69, 9.17) is 18.9 Å². The van der Waals surface area contributed by atoms with Crippen LogP contribution in [-0.2, 0) is 28.5 Å². The lowest BCUT2D eigenvalue weighted by molar-refractivity contribution is -0.174. The number of carbonyl (C=O) groups excluding carboxylic acids is 3. The van der Waals surface area contributed by atoms with Crippen LogP contribution in [0.5, 0.6) is 0 Å². The maximum atomic E-state index is 12.4. The zero-order valence-electron chi connectivity index (χ0n) is 24.8. The van der Waals surface area contributed by atoms with E-state index in [1.807, 2.05) is 0 Å². The van der Waals surface area contributed by atoms with Crippen molar-refractivity contribution < 1.29 is 38.4 Å². The molecule has 2 heterocycles. The second-order valence-corrected chi connectivity index (χ2v) is 12.8. The first-order chi connectivity index (χ1) is 18.9. The van der Waals surface area contributed by atoms with Gasteiger partial charge in [-0.25, -0.2) is 24.4 Å². The van der Waals surface area contributed by atoms with Crippen LogP contribution in [0.15, 0.2) is 9.98 Å². The van der Waals surface area contributed by atoms with Crippen LogP contribution < -0.4 is 10.6 Å². The van der Waals surface area contributed by atoms with Crippen molar-refractivity contribution in [3.8, 4) is 0 Å². The molecule has 0 radical (unpaired) electrons. The van der Waals surface area contributed by atoms with Crippen molar-refractivity contribution in [2.45, 2.75) is 98.1 Å². The van der Waals surface area contributed by atoms with Crippen molar-refractivity contribution in [3.05, 3.63) is 0 Å². The monoisotopic (exact) mass is 568 g/mol. The van der Waals surface area contributed by atoms with Gasteiger partial charge in [0, 0.05) is 6.54 Å². The molecular weight excluding hydrogens is 520 g/mol. The molecule has 0 aliphatic carbocycles. The highest BCUT2D eigenvalue weighted by Crippen LogP contribution is 2.31. The first-order valence-electron chi connectivity index (χ1n) is 14.2. The lowest BCUT2D eigenvalue weighted by atomic mass is 9.82. The summed E-state index contributed by atoms with van der Waals surface area (Å²) in [6, 6.07) is 0. The van der Waals surface area contributed by atoms with E-state index >= 15 is 0 Å². The topological polar surface area (TPSA) is 157 Å². The standard InChI is InChI=1S/C28H48N4O8/c1-19(11-27(3,4)15-29-17-33)7-9-31-25(35)39-21-13-37-24-22(14-38-23(21)24)40-26(36)32-10-8-20(2)12-28(5,6)16-30-18-34/h19-25,31,35H,7-16H2,1-6H3,(H,32,36). The maximum absolute atomic E-state index is 12.4. The lowest BCUT2D eigenvalue weighted by Gasteiger charge is -2.26. The van der Waals surface area contributed by atoms with Gasteiger partial charge in [-0.05, 0) is 54.9 Å².